The van der Waals surface area contributed by atoms with Crippen LogP contribution in [0.4, 0.5) is 0 Å². The van der Waals surface area contributed by atoms with Crippen LogP contribution in [0.2, 0.25) is 0 Å². The number of unbranched alkanes of at least 4 members (excludes halogenated alkanes) is 2. The molecule has 0 aliphatic heterocycles. The van der Waals surface area contributed by atoms with Crippen molar-refractivity contribution in [1.82, 2.24) is 0 Å². The van der Waals surface area contributed by atoms with Gasteiger partial charge in [-0.15, -0.1) is 0 Å². The number of hydrogen-bond acceptors (Lipinski definition) is 0. The molecule has 0 saturated heterocycles. The van der Waals surface area contributed by atoms with Crippen molar-refractivity contribution < 1.29 is 8.97 Å². The van der Waals surface area contributed by atoms with Crippen LogP contribution < -0.4 is 0 Å². The van der Waals surface area contributed by atoms with Crippen LogP contribution in [0.25, 0.3) is 0 Å². The molecule has 0 heterocycles. The van der Waals surface area contributed by atoms with Crippen LogP contribution in [0.5, 0.6) is 0 Å². The minimum Gasteiger partial charge on any atom is -0.324 e. The Morgan fingerprint density at radius 1 is 0.450 bits per heavy atom. The summed E-state index contributed by atoms with van der Waals surface area (Å²) in [7, 11) is 0. The lowest BCUT2D eigenvalue weighted by molar-refractivity contribution is -0.925. The summed E-state index contributed by atoms with van der Waals surface area (Å²) in [6.45, 7) is 24.6. The molecule has 0 atom stereocenters. The smallest absolute Gasteiger partial charge is 0.0786 e. The average Bonchev–Trinajstić information content (AvgIpc) is 2.48. The minimum atomic E-state index is 0. The molecule has 2 nitrogen and oxygen atoms in total. The lowest BCUT2D eigenvalue weighted by Crippen LogP contribution is -2.49. The summed E-state index contributed by atoms with van der Waals surface area (Å²) < 4.78 is 2.63. The topological polar surface area (TPSA) is 0 Å². The van der Waals surface area contributed by atoms with E-state index in [0.29, 0.717) is 0 Å². The Hall–Kier alpha value is -0.0800. The van der Waals surface area contributed by atoms with E-state index in [9.17, 15) is 0 Å². The largest absolute Gasteiger partial charge is 0.324 e. The van der Waals surface area contributed by atoms with Gasteiger partial charge in [-0.05, 0) is 60.8 Å². The zero-order chi connectivity index (χ0) is 14.8. The second-order valence-corrected chi connectivity index (χ2v) is 6.09. The molecule has 0 N–H and O–H groups in total. The van der Waals surface area contributed by atoms with Gasteiger partial charge in [0.05, 0.1) is 52.4 Å². The summed E-state index contributed by atoms with van der Waals surface area (Å²) >= 11 is 0. The van der Waals surface area contributed by atoms with E-state index < -0.39 is 0 Å². The maximum Gasteiger partial charge on any atom is 0.0786 e. The van der Waals surface area contributed by atoms with Gasteiger partial charge >= 0.3 is 0 Å². The first-order chi connectivity index (χ1) is 9.07. The van der Waals surface area contributed by atoms with E-state index in [-0.39, 0.29) is 7.43 Å². The Bertz CT molecular complexity index is 167. The Morgan fingerprint density at radius 2 is 0.700 bits per heavy atom. The van der Waals surface area contributed by atoms with Crippen molar-refractivity contribution in [2.75, 3.05) is 52.4 Å². The van der Waals surface area contributed by atoms with Crippen LogP contribution in [0.3, 0.4) is 0 Å². The summed E-state index contributed by atoms with van der Waals surface area (Å²) in [5.74, 6) is 0. The van der Waals surface area contributed by atoms with E-state index in [1.165, 1.54) is 80.6 Å². The summed E-state index contributed by atoms with van der Waals surface area (Å²) in [6.07, 6.45) is 4.24. The van der Waals surface area contributed by atoms with Crippen LogP contribution in [-0.2, 0) is 0 Å². The molecule has 0 saturated carbocycles. The minimum absolute atomic E-state index is 0. The molecule has 20 heavy (non-hydrogen) atoms. The van der Waals surface area contributed by atoms with Gasteiger partial charge in [0.25, 0.3) is 0 Å². The molecule has 0 spiro atoms. The van der Waals surface area contributed by atoms with Crippen molar-refractivity contribution in [3.8, 4) is 0 Å². The predicted molar refractivity (Wildman–Crippen MR) is 94.1 cm³/mol. The number of nitrogens with zero attached hydrogens (tertiary/aromatic N) is 2. The van der Waals surface area contributed by atoms with Crippen LogP contribution in [-0.4, -0.2) is 61.3 Å². The lowest BCUT2D eigenvalue weighted by atomic mass is 10.1. The van der Waals surface area contributed by atoms with E-state index >= 15 is 0 Å². The molecule has 0 radical (unpaired) electrons. The highest BCUT2D eigenvalue weighted by Crippen LogP contribution is 2.12. The van der Waals surface area contributed by atoms with E-state index in [1.54, 1.807) is 0 Å². The summed E-state index contributed by atoms with van der Waals surface area (Å²) in [5.41, 5.74) is 0. The van der Waals surface area contributed by atoms with Gasteiger partial charge in [-0.25, -0.2) is 0 Å². The molecule has 0 aromatic heterocycles. The van der Waals surface area contributed by atoms with Crippen LogP contribution in [0, 0.1) is 0 Å². The second-order valence-electron chi connectivity index (χ2n) is 6.09. The third-order valence-electron chi connectivity index (χ3n) is 5.79. The summed E-state index contributed by atoms with van der Waals surface area (Å²) in [6, 6.07) is 0. The number of rotatable bonds is 12. The first-order valence-corrected chi connectivity index (χ1v) is 8.77. The SMILES string of the molecule is C.CC[N+](CC)(CC)CCCCC[N+](CC)(CC)CC. The van der Waals surface area contributed by atoms with E-state index in [1.807, 2.05) is 0 Å². The van der Waals surface area contributed by atoms with Crippen molar-refractivity contribution in [3.63, 3.8) is 0 Å². The van der Waals surface area contributed by atoms with E-state index in [0.717, 1.165) is 0 Å². The lowest BCUT2D eigenvalue weighted by Gasteiger charge is -2.37. The molecular formula is C18H44N2+2. The first-order valence-electron chi connectivity index (χ1n) is 8.77. The molecule has 0 amide bonds. The molecule has 2 heteroatoms. The maximum absolute atomic E-state index is 2.35. The first kappa shape index (κ1) is 22.2. The Kier molecular flexibility index (Phi) is 12.8. The van der Waals surface area contributed by atoms with Gasteiger partial charge in [0.15, 0.2) is 0 Å². The van der Waals surface area contributed by atoms with Crippen molar-refractivity contribution in [1.29, 1.82) is 0 Å². The highest BCUT2D eigenvalue weighted by atomic mass is 15.3. The molecule has 0 aromatic rings. The molecular weight excluding hydrogens is 244 g/mol. The zero-order valence-electron chi connectivity index (χ0n) is 14.7. The van der Waals surface area contributed by atoms with E-state index in [4.69, 9.17) is 0 Å². The van der Waals surface area contributed by atoms with Crippen molar-refractivity contribution >= 4 is 0 Å². The Labute approximate surface area is 130 Å². The van der Waals surface area contributed by atoms with Gasteiger partial charge in [0.1, 0.15) is 0 Å². The molecule has 0 aliphatic carbocycles. The van der Waals surface area contributed by atoms with E-state index in [2.05, 4.69) is 41.5 Å². The molecule has 0 rings (SSSR count). The molecule has 0 aliphatic rings. The Morgan fingerprint density at radius 3 is 0.900 bits per heavy atom. The van der Waals surface area contributed by atoms with Crippen molar-refractivity contribution in [2.45, 2.75) is 68.2 Å². The third kappa shape index (κ3) is 6.58. The number of quaternary nitrogens is 2. The predicted octanol–water partition coefficient (Wildman–Crippen LogP) is 4.55. The van der Waals surface area contributed by atoms with Gasteiger partial charge in [-0.1, -0.05) is 7.43 Å². The molecule has 0 bridgehead atoms. The molecule has 0 aromatic carbocycles. The van der Waals surface area contributed by atoms with Gasteiger partial charge < -0.3 is 8.97 Å². The fourth-order valence-corrected chi connectivity index (χ4v) is 3.36. The Balaban J connectivity index is 0. The molecule has 0 unspecified atom stereocenters. The molecule has 124 valence electrons. The van der Waals surface area contributed by atoms with Crippen LogP contribution in [0.1, 0.15) is 68.2 Å². The maximum atomic E-state index is 2.35. The highest BCUT2D eigenvalue weighted by Gasteiger charge is 2.21. The van der Waals surface area contributed by atoms with Gasteiger partial charge in [-0.3, -0.25) is 0 Å². The van der Waals surface area contributed by atoms with Gasteiger partial charge in [-0.2, -0.15) is 0 Å². The third-order valence-corrected chi connectivity index (χ3v) is 5.79. The van der Waals surface area contributed by atoms with Crippen LogP contribution >= 0.6 is 0 Å². The van der Waals surface area contributed by atoms with Crippen molar-refractivity contribution in [2.24, 2.45) is 0 Å². The second kappa shape index (κ2) is 11.6. The number of hydrogen-bond donors (Lipinski definition) is 0. The standard InChI is InChI=1S/C17H40N2.CH4/c1-7-18(8-2,9-3)16-14-13-15-17-19(10-4,11-5)12-6;/h7-17H2,1-6H3;1H4/q+2;. The zero-order valence-corrected chi connectivity index (χ0v) is 14.7. The average molecular weight is 289 g/mol. The normalized spacial score (nSPS) is 12.3. The van der Waals surface area contributed by atoms with Gasteiger partial charge in [0, 0.05) is 0 Å². The fourth-order valence-electron chi connectivity index (χ4n) is 3.36. The fraction of sp³-hybridized carbons (Fsp3) is 1.00. The monoisotopic (exact) mass is 288 g/mol. The van der Waals surface area contributed by atoms with Crippen LogP contribution in [0.15, 0.2) is 0 Å². The molecule has 0 fully saturated rings. The highest BCUT2D eigenvalue weighted by molar-refractivity contribution is 4.46. The summed E-state index contributed by atoms with van der Waals surface area (Å²) in [5, 5.41) is 0. The van der Waals surface area contributed by atoms with Crippen molar-refractivity contribution in [3.05, 3.63) is 0 Å². The quantitative estimate of drug-likeness (QED) is 0.365. The summed E-state index contributed by atoms with van der Waals surface area (Å²) in [4.78, 5) is 0. The van der Waals surface area contributed by atoms with Gasteiger partial charge in [0.2, 0.25) is 0 Å².